The Kier molecular flexibility index (Phi) is 6.05. The molecule has 0 aliphatic heterocycles. The SMILES string of the molecule is CCN(C)Cc1cccc(CN=C(N)NCC2CCC2)c1. The minimum Gasteiger partial charge on any atom is -0.370 e. The maximum atomic E-state index is 5.92. The second-order valence-electron chi connectivity index (χ2n) is 6.03. The normalized spacial score (nSPS) is 16.0. The standard InChI is InChI=1S/C17H28N4/c1-3-21(2)13-16-9-5-8-15(10-16)12-20-17(18)19-11-14-6-4-7-14/h5,8-10,14H,3-4,6-7,11-13H2,1-2H3,(H3,18,19,20). The number of aliphatic imine (C=N–C) groups is 1. The summed E-state index contributed by atoms with van der Waals surface area (Å²) in [6.07, 6.45) is 4.02. The van der Waals surface area contributed by atoms with Gasteiger partial charge < -0.3 is 16.0 Å². The fraction of sp³-hybridized carbons (Fsp3) is 0.588. The third kappa shape index (κ3) is 5.38. The van der Waals surface area contributed by atoms with Gasteiger partial charge in [-0.1, -0.05) is 37.6 Å². The fourth-order valence-corrected chi connectivity index (χ4v) is 2.43. The molecule has 4 heteroatoms. The third-order valence-electron chi connectivity index (χ3n) is 4.21. The summed E-state index contributed by atoms with van der Waals surface area (Å²) in [5.41, 5.74) is 8.46. The van der Waals surface area contributed by atoms with Crippen molar-refractivity contribution in [3.05, 3.63) is 35.4 Å². The molecular weight excluding hydrogens is 260 g/mol. The van der Waals surface area contributed by atoms with Crippen LogP contribution in [0, 0.1) is 5.92 Å². The van der Waals surface area contributed by atoms with E-state index in [1.807, 2.05) is 0 Å². The van der Waals surface area contributed by atoms with E-state index in [1.165, 1.54) is 30.4 Å². The minimum atomic E-state index is 0.568. The molecule has 1 aliphatic rings. The zero-order valence-electron chi connectivity index (χ0n) is 13.3. The van der Waals surface area contributed by atoms with Crippen molar-refractivity contribution in [3.63, 3.8) is 0 Å². The van der Waals surface area contributed by atoms with Crippen LogP contribution in [-0.4, -0.2) is 31.0 Å². The van der Waals surface area contributed by atoms with Gasteiger partial charge in [-0.3, -0.25) is 0 Å². The lowest BCUT2D eigenvalue weighted by atomic mass is 9.85. The van der Waals surface area contributed by atoms with Crippen LogP contribution >= 0.6 is 0 Å². The molecule has 0 unspecified atom stereocenters. The Morgan fingerprint density at radius 1 is 1.38 bits per heavy atom. The molecule has 2 rings (SSSR count). The van der Waals surface area contributed by atoms with Crippen LogP contribution in [0.2, 0.25) is 0 Å². The second-order valence-corrected chi connectivity index (χ2v) is 6.03. The van der Waals surface area contributed by atoms with E-state index in [-0.39, 0.29) is 0 Å². The Balaban J connectivity index is 1.82. The first-order valence-electron chi connectivity index (χ1n) is 7.97. The maximum Gasteiger partial charge on any atom is 0.188 e. The predicted molar refractivity (Wildman–Crippen MR) is 89.1 cm³/mol. The van der Waals surface area contributed by atoms with Gasteiger partial charge in [0.2, 0.25) is 0 Å². The molecule has 0 atom stereocenters. The van der Waals surface area contributed by atoms with Gasteiger partial charge in [0.05, 0.1) is 6.54 Å². The van der Waals surface area contributed by atoms with Crippen LogP contribution in [0.15, 0.2) is 29.3 Å². The summed E-state index contributed by atoms with van der Waals surface area (Å²) in [7, 11) is 2.13. The molecule has 0 bridgehead atoms. The molecule has 0 spiro atoms. The van der Waals surface area contributed by atoms with Crippen molar-refractivity contribution >= 4 is 5.96 Å². The minimum absolute atomic E-state index is 0.568. The Morgan fingerprint density at radius 2 is 2.14 bits per heavy atom. The quantitative estimate of drug-likeness (QED) is 0.598. The average Bonchev–Trinajstić information content (AvgIpc) is 2.44. The van der Waals surface area contributed by atoms with Crippen molar-refractivity contribution in [2.45, 2.75) is 39.3 Å². The highest BCUT2D eigenvalue weighted by Crippen LogP contribution is 2.24. The molecule has 21 heavy (non-hydrogen) atoms. The van der Waals surface area contributed by atoms with Gasteiger partial charge in [-0.15, -0.1) is 0 Å². The summed E-state index contributed by atoms with van der Waals surface area (Å²) in [6.45, 7) is 5.82. The van der Waals surface area contributed by atoms with Crippen LogP contribution in [0.25, 0.3) is 0 Å². The molecule has 3 N–H and O–H groups in total. The summed E-state index contributed by atoms with van der Waals surface area (Å²) in [6, 6.07) is 8.59. The molecule has 0 amide bonds. The summed E-state index contributed by atoms with van der Waals surface area (Å²) in [5.74, 6) is 1.37. The molecule has 116 valence electrons. The van der Waals surface area contributed by atoms with Gasteiger partial charge in [0, 0.05) is 13.1 Å². The first-order valence-corrected chi connectivity index (χ1v) is 7.97. The molecule has 1 fully saturated rings. The first-order chi connectivity index (χ1) is 10.2. The van der Waals surface area contributed by atoms with E-state index in [1.54, 1.807) is 0 Å². The summed E-state index contributed by atoms with van der Waals surface area (Å²) in [5, 5.41) is 3.23. The lowest BCUT2D eigenvalue weighted by Gasteiger charge is -2.25. The van der Waals surface area contributed by atoms with Gasteiger partial charge in [-0.2, -0.15) is 0 Å². The molecule has 1 aromatic carbocycles. The summed E-state index contributed by atoms with van der Waals surface area (Å²) in [4.78, 5) is 6.72. The second kappa shape index (κ2) is 8.03. The van der Waals surface area contributed by atoms with Crippen LogP contribution in [0.1, 0.15) is 37.3 Å². The molecular formula is C17H28N4. The highest BCUT2D eigenvalue weighted by Gasteiger charge is 2.16. The molecule has 1 aromatic rings. The average molecular weight is 288 g/mol. The molecule has 0 heterocycles. The van der Waals surface area contributed by atoms with Crippen LogP contribution in [0.3, 0.4) is 0 Å². The summed E-state index contributed by atoms with van der Waals surface area (Å²) < 4.78 is 0. The van der Waals surface area contributed by atoms with Crippen LogP contribution in [0.4, 0.5) is 0 Å². The molecule has 0 aromatic heterocycles. The van der Waals surface area contributed by atoms with Crippen molar-refractivity contribution in [3.8, 4) is 0 Å². The number of nitrogens with two attached hydrogens (primary N) is 1. The maximum absolute atomic E-state index is 5.92. The Morgan fingerprint density at radius 3 is 2.81 bits per heavy atom. The van der Waals surface area contributed by atoms with Crippen molar-refractivity contribution < 1.29 is 0 Å². The number of hydrogen-bond donors (Lipinski definition) is 2. The Labute approximate surface area is 128 Å². The summed E-state index contributed by atoms with van der Waals surface area (Å²) >= 11 is 0. The van der Waals surface area contributed by atoms with Gasteiger partial charge >= 0.3 is 0 Å². The number of hydrogen-bond acceptors (Lipinski definition) is 2. The van der Waals surface area contributed by atoms with Crippen LogP contribution in [-0.2, 0) is 13.1 Å². The lowest BCUT2D eigenvalue weighted by Crippen LogP contribution is -2.37. The van der Waals surface area contributed by atoms with E-state index >= 15 is 0 Å². The van der Waals surface area contributed by atoms with E-state index in [0.717, 1.165) is 25.6 Å². The molecule has 4 nitrogen and oxygen atoms in total. The number of nitrogens with one attached hydrogen (secondary N) is 1. The lowest BCUT2D eigenvalue weighted by molar-refractivity contribution is 0.315. The topological polar surface area (TPSA) is 53.6 Å². The number of nitrogens with zero attached hydrogens (tertiary/aromatic N) is 2. The van der Waals surface area contributed by atoms with Crippen LogP contribution in [0.5, 0.6) is 0 Å². The van der Waals surface area contributed by atoms with E-state index in [0.29, 0.717) is 12.5 Å². The van der Waals surface area contributed by atoms with Gasteiger partial charge in [0.15, 0.2) is 5.96 Å². The Bertz CT molecular complexity index is 466. The molecule has 1 saturated carbocycles. The fourth-order valence-electron chi connectivity index (χ4n) is 2.43. The van der Waals surface area contributed by atoms with E-state index < -0.39 is 0 Å². The molecule has 0 radical (unpaired) electrons. The van der Waals surface area contributed by atoms with Gasteiger partial charge in [-0.05, 0) is 43.5 Å². The van der Waals surface area contributed by atoms with Gasteiger partial charge in [0.25, 0.3) is 0 Å². The van der Waals surface area contributed by atoms with Crippen molar-refractivity contribution in [2.24, 2.45) is 16.6 Å². The third-order valence-corrected chi connectivity index (χ3v) is 4.21. The van der Waals surface area contributed by atoms with Crippen molar-refractivity contribution in [1.82, 2.24) is 10.2 Å². The van der Waals surface area contributed by atoms with Gasteiger partial charge in [0.1, 0.15) is 0 Å². The van der Waals surface area contributed by atoms with Crippen molar-refractivity contribution in [2.75, 3.05) is 20.1 Å². The molecule has 1 aliphatic carbocycles. The monoisotopic (exact) mass is 288 g/mol. The van der Waals surface area contributed by atoms with Crippen LogP contribution < -0.4 is 11.1 Å². The highest BCUT2D eigenvalue weighted by molar-refractivity contribution is 5.77. The number of rotatable bonds is 7. The van der Waals surface area contributed by atoms with E-state index in [2.05, 4.69) is 53.4 Å². The first kappa shape index (κ1) is 15.8. The van der Waals surface area contributed by atoms with Gasteiger partial charge in [-0.25, -0.2) is 4.99 Å². The van der Waals surface area contributed by atoms with E-state index in [4.69, 9.17) is 5.73 Å². The smallest absolute Gasteiger partial charge is 0.188 e. The zero-order valence-corrected chi connectivity index (χ0v) is 13.3. The zero-order chi connectivity index (χ0) is 15.1. The van der Waals surface area contributed by atoms with E-state index in [9.17, 15) is 0 Å². The number of guanidine groups is 1. The number of benzene rings is 1. The molecule has 0 saturated heterocycles. The van der Waals surface area contributed by atoms with Crippen molar-refractivity contribution in [1.29, 1.82) is 0 Å². The largest absolute Gasteiger partial charge is 0.370 e. The predicted octanol–water partition coefficient (Wildman–Crippen LogP) is 2.34. The highest BCUT2D eigenvalue weighted by atomic mass is 15.1. The Hall–Kier alpha value is -1.55.